The van der Waals surface area contributed by atoms with E-state index in [0.29, 0.717) is 36.2 Å². The third-order valence-corrected chi connectivity index (χ3v) is 13.1. The minimum Gasteiger partial charge on any atom is -0.458 e. The van der Waals surface area contributed by atoms with Gasteiger partial charge in [-0.1, -0.05) is 127 Å². The fourth-order valence-electron chi connectivity index (χ4n) is 9.48. The number of carbonyl (C=O) groups excluding carboxylic acids is 6. The van der Waals surface area contributed by atoms with Gasteiger partial charge in [0.2, 0.25) is 11.8 Å². The summed E-state index contributed by atoms with van der Waals surface area (Å²) in [7, 11) is 1.43. The highest BCUT2D eigenvalue weighted by Crippen LogP contribution is 2.44. The molecule has 3 aliphatic rings. The van der Waals surface area contributed by atoms with Crippen molar-refractivity contribution >= 4 is 41.8 Å². The predicted molar refractivity (Wildman–Crippen MR) is 254 cm³/mol. The van der Waals surface area contributed by atoms with Crippen LogP contribution >= 0.6 is 0 Å². The van der Waals surface area contributed by atoms with E-state index >= 15 is 0 Å². The largest absolute Gasteiger partial charge is 0.458 e. The normalized spacial score (nSPS) is 17.4. The summed E-state index contributed by atoms with van der Waals surface area (Å²) in [4.78, 5) is 89.0. The highest BCUT2D eigenvalue weighted by atomic mass is 16.5. The molecule has 8 rings (SSSR count). The Morgan fingerprint density at radius 2 is 1.36 bits per heavy atom. The number of fused-ring (bicyclic) bond motifs is 4. The zero-order chi connectivity index (χ0) is 46.9. The predicted octanol–water partition coefficient (Wildman–Crippen LogP) is 6.74. The summed E-state index contributed by atoms with van der Waals surface area (Å²) >= 11 is 0. The van der Waals surface area contributed by atoms with E-state index in [1.165, 1.54) is 11.9 Å². The first-order valence-corrected chi connectivity index (χ1v) is 22.8. The molecule has 1 aliphatic carbocycles. The summed E-state index contributed by atoms with van der Waals surface area (Å²) in [6, 6.07) is 39.8. The van der Waals surface area contributed by atoms with Crippen molar-refractivity contribution in [2.24, 2.45) is 0 Å². The van der Waals surface area contributed by atoms with Crippen molar-refractivity contribution in [3.63, 3.8) is 0 Å². The van der Waals surface area contributed by atoms with Crippen LogP contribution in [0.1, 0.15) is 59.9 Å². The summed E-state index contributed by atoms with van der Waals surface area (Å²) in [6.07, 6.45) is 3.69. The van der Waals surface area contributed by atoms with Gasteiger partial charge in [0, 0.05) is 51.1 Å². The van der Waals surface area contributed by atoms with E-state index in [-0.39, 0.29) is 44.4 Å². The maximum Gasteiger partial charge on any atom is 0.411 e. The SMILES string of the molecule is C[C@H](NC(=O)[C@H](Cc1ccccc1)N1C[C@](C=O)(N(C)C(=O)/C(=C\C(=O)OCc2ccccc2)NC(=O)OCC2c3ccccc3-c3ccccc32)Cc2ccccc21)C(=O)N1CCCCC1. The number of hydrogen-bond acceptors (Lipinski definition) is 9. The molecule has 344 valence electrons. The molecular formula is C54H55N5O8. The van der Waals surface area contributed by atoms with Crippen molar-refractivity contribution in [3.05, 3.63) is 173 Å². The second kappa shape index (κ2) is 20.7. The van der Waals surface area contributed by atoms with Crippen molar-refractivity contribution in [2.75, 3.05) is 38.2 Å². The van der Waals surface area contributed by atoms with Crippen LogP contribution in [0, 0.1) is 0 Å². The molecule has 5 aromatic carbocycles. The lowest BCUT2D eigenvalue weighted by molar-refractivity contribution is -0.140. The zero-order valence-corrected chi connectivity index (χ0v) is 37.8. The number of nitrogens with one attached hydrogen (secondary N) is 2. The first-order chi connectivity index (χ1) is 32.5. The molecule has 0 aromatic heterocycles. The molecule has 1 saturated heterocycles. The van der Waals surface area contributed by atoms with Crippen LogP contribution in [0.5, 0.6) is 0 Å². The number of anilines is 1. The van der Waals surface area contributed by atoms with E-state index < -0.39 is 47.2 Å². The maximum absolute atomic E-state index is 14.9. The molecule has 2 N–H and O–H groups in total. The molecule has 67 heavy (non-hydrogen) atoms. The number of nitrogens with zero attached hydrogens (tertiary/aromatic N) is 3. The topological polar surface area (TPSA) is 155 Å². The minimum atomic E-state index is -1.63. The van der Waals surface area contributed by atoms with Gasteiger partial charge in [0.15, 0.2) is 0 Å². The lowest BCUT2D eigenvalue weighted by Gasteiger charge is -2.48. The number of esters is 1. The van der Waals surface area contributed by atoms with E-state index in [2.05, 4.69) is 10.6 Å². The van der Waals surface area contributed by atoms with E-state index in [1.54, 1.807) is 36.1 Å². The Hall–Kier alpha value is -7.54. The van der Waals surface area contributed by atoms with E-state index in [4.69, 9.17) is 9.47 Å². The molecule has 0 radical (unpaired) electrons. The van der Waals surface area contributed by atoms with Gasteiger partial charge in [-0.25, -0.2) is 9.59 Å². The number of alkyl carbamates (subject to hydrolysis) is 1. The number of likely N-dealkylation sites (tertiary alicyclic amines) is 1. The number of ether oxygens (including phenoxy) is 2. The number of rotatable bonds is 15. The molecule has 1 fully saturated rings. The number of piperidine rings is 1. The molecule has 0 saturated carbocycles. The maximum atomic E-state index is 14.9. The van der Waals surface area contributed by atoms with Crippen molar-refractivity contribution in [1.82, 2.24) is 20.4 Å². The molecule has 0 spiro atoms. The zero-order valence-electron chi connectivity index (χ0n) is 37.8. The van der Waals surface area contributed by atoms with Crippen LogP contribution in [0.3, 0.4) is 0 Å². The molecule has 2 aliphatic heterocycles. The van der Waals surface area contributed by atoms with Gasteiger partial charge in [-0.2, -0.15) is 0 Å². The van der Waals surface area contributed by atoms with E-state index in [9.17, 15) is 28.8 Å². The number of para-hydroxylation sites is 1. The Kier molecular flexibility index (Phi) is 14.2. The van der Waals surface area contributed by atoms with Gasteiger partial charge in [0.25, 0.3) is 5.91 Å². The fourth-order valence-corrected chi connectivity index (χ4v) is 9.48. The third kappa shape index (κ3) is 10.3. The molecule has 0 bridgehead atoms. The van der Waals surface area contributed by atoms with Gasteiger partial charge in [-0.3, -0.25) is 19.7 Å². The Morgan fingerprint density at radius 1 is 0.761 bits per heavy atom. The number of carbonyl (C=O) groups is 6. The summed E-state index contributed by atoms with van der Waals surface area (Å²) in [5.41, 5.74) is 4.86. The van der Waals surface area contributed by atoms with Gasteiger partial charge < -0.3 is 34.3 Å². The van der Waals surface area contributed by atoms with E-state index in [0.717, 1.165) is 53.2 Å². The average molecular weight is 902 g/mol. The van der Waals surface area contributed by atoms with Gasteiger partial charge in [0.05, 0.1) is 6.08 Å². The Morgan fingerprint density at radius 3 is 2.01 bits per heavy atom. The minimum absolute atomic E-state index is 0.0472. The highest BCUT2D eigenvalue weighted by molar-refractivity contribution is 6.03. The quantitative estimate of drug-likeness (QED) is 0.0661. The first-order valence-electron chi connectivity index (χ1n) is 22.8. The van der Waals surface area contributed by atoms with Gasteiger partial charge >= 0.3 is 12.1 Å². The summed E-state index contributed by atoms with van der Waals surface area (Å²) in [5.74, 6) is -2.66. The van der Waals surface area contributed by atoms with Crippen LogP contribution in [0.25, 0.3) is 11.1 Å². The number of likely N-dealkylation sites (N-methyl/N-ethyl adjacent to an activating group) is 1. The molecule has 13 heteroatoms. The van der Waals surface area contributed by atoms with Gasteiger partial charge in [-0.05, 0) is 71.2 Å². The summed E-state index contributed by atoms with van der Waals surface area (Å²) in [5, 5.41) is 5.51. The number of aldehydes is 1. The van der Waals surface area contributed by atoms with Crippen molar-refractivity contribution < 1.29 is 38.2 Å². The smallest absolute Gasteiger partial charge is 0.411 e. The van der Waals surface area contributed by atoms with Crippen LogP contribution < -0.4 is 15.5 Å². The fraction of sp³-hybridized carbons (Fsp3) is 0.296. The standard InChI is InChI=1S/C54H55N5O8/c1-37(51(63)58-28-16-5-17-29-58)55-50(62)48(30-38-18-6-3-7-19-38)59-35-54(36-60,32-40-22-10-15-27-47(40)59)57(2)52(64)46(31-49(61)66-33-39-20-8-4-9-21-39)56-53(65)67-34-45-43-25-13-11-23-41(43)42-24-12-14-26-44(42)45/h3-4,6-15,18-27,31,36-37,45,48H,5,16-17,28-30,32-35H2,1-2H3,(H,55,62)(H,56,65)/b46-31+/t37-,48-,54+/m0/s1. The lowest BCUT2D eigenvalue weighted by atomic mass is 9.83. The van der Waals surface area contributed by atoms with Gasteiger partial charge in [0.1, 0.15) is 42.8 Å². The second-order valence-corrected chi connectivity index (χ2v) is 17.4. The molecule has 2 heterocycles. The Bertz CT molecular complexity index is 2600. The first kappa shape index (κ1) is 46.0. The van der Waals surface area contributed by atoms with E-state index in [1.807, 2.05) is 114 Å². The van der Waals surface area contributed by atoms with Gasteiger partial charge in [-0.15, -0.1) is 0 Å². The average Bonchev–Trinajstić information content (AvgIpc) is 3.69. The molecule has 5 aromatic rings. The van der Waals surface area contributed by atoms with Crippen molar-refractivity contribution in [3.8, 4) is 11.1 Å². The molecule has 3 atom stereocenters. The summed E-state index contributed by atoms with van der Waals surface area (Å²) in [6.45, 7) is 2.63. The van der Waals surface area contributed by atoms with Crippen LogP contribution in [0.4, 0.5) is 10.5 Å². The summed E-state index contributed by atoms with van der Waals surface area (Å²) < 4.78 is 11.3. The molecular weight excluding hydrogens is 847 g/mol. The van der Waals surface area contributed by atoms with Crippen LogP contribution in [0.15, 0.2) is 145 Å². The van der Waals surface area contributed by atoms with Crippen LogP contribution in [0.2, 0.25) is 0 Å². The number of benzene rings is 5. The highest BCUT2D eigenvalue weighted by Gasteiger charge is 2.47. The van der Waals surface area contributed by atoms with Crippen molar-refractivity contribution in [2.45, 2.75) is 69.2 Å². The Labute approximate surface area is 390 Å². The molecule has 0 unspecified atom stereocenters. The number of amides is 4. The molecule has 13 nitrogen and oxygen atoms in total. The van der Waals surface area contributed by atoms with Crippen LogP contribution in [-0.2, 0) is 52.9 Å². The lowest BCUT2D eigenvalue weighted by Crippen LogP contribution is -2.65. The molecule has 4 amide bonds. The Balaban J connectivity index is 1.08. The van der Waals surface area contributed by atoms with Crippen molar-refractivity contribution in [1.29, 1.82) is 0 Å². The van der Waals surface area contributed by atoms with Crippen LogP contribution in [-0.4, -0.2) is 96.8 Å². The second-order valence-electron chi connectivity index (χ2n) is 17.4. The number of hydrogen-bond donors (Lipinski definition) is 2. The monoisotopic (exact) mass is 901 g/mol. The third-order valence-electron chi connectivity index (χ3n) is 13.1.